The monoisotopic (exact) mass is 453 g/mol. The van der Waals surface area contributed by atoms with E-state index in [4.69, 9.17) is 0 Å². The molecule has 5 rings (SSSR count). The Morgan fingerprint density at radius 1 is 1.00 bits per heavy atom. The summed E-state index contributed by atoms with van der Waals surface area (Å²) < 4.78 is 1.61. The van der Waals surface area contributed by atoms with Gasteiger partial charge in [0.25, 0.3) is 5.91 Å². The molecule has 0 bridgehead atoms. The van der Waals surface area contributed by atoms with Crippen LogP contribution in [0, 0.1) is 5.92 Å². The summed E-state index contributed by atoms with van der Waals surface area (Å²) in [4.78, 5) is 26.3. The molecule has 0 spiro atoms. The van der Waals surface area contributed by atoms with Gasteiger partial charge < -0.3 is 16.0 Å². The molecule has 0 radical (unpaired) electrons. The maximum atomic E-state index is 13.2. The van der Waals surface area contributed by atoms with E-state index in [-0.39, 0.29) is 17.7 Å². The molecule has 1 fully saturated rings. The number of hydrogen-bond acceptors (Lipinski definition) is 4. The van der Waals surface area contributed by atoms with Crippen molar-refractivity contribution in [2.75, 3.05) is 18.4 Å². The van der Waals surface area contributed by atoms with Crippen molar-refractivity contribution in [3.8, 4) is 5.69 Å². The maximum Gasteiger partial charge on any atom is 0.256 e. The third-order valence-corrected chi connectivity index (χ3v) is 6.24. The van der Waals surface area contributed by atoms with Crippen molar-refractivity contribution in [1.29, 1.82) is 0 Å². The number of nitrogens with zero attached hydrogens (tertiary/aromatic N) is 2. The van der Waals surface area contributed by atoms with E-state index < -0.39 is 0 Å². The van der Waals surface area contributed by atoms with Gasteiger partial charge >= 0.3 is 0 Å². The molecule has 0 saturated carbocycles. The van der Waals surface area contributed by atoms with Crippen molar-refractivity contribution in [2.45, 2.75) is 19.4 Å². The Bertz CT molecular complexity index is 1300. The number of carbonyl (C=O) groups excluding carboxylic acids is 2. The van der Waals surface area contributed by atoms with Gasteiger partial charge in [0.1, 0.15) is 11.4 Å². The van der Waals surface area contributed by atoms with E-state index in [2.05, 4.69) is 33.2 Å². The Morgan fingerprint density at radius 3 is 2.62 bits per heavy atom. The van der Waals surface area contributed by atoms with Gasteiger partial charge in [0.2, 0.25) is 5.91 Å². The third-order valence-electron chi connectivity index (χ3n) is 6.24. The number of rotatable bonds is 6. The van der Waals surface area contributed by atoms with Gasteiger partial charge in [-0.05, 0) is 47.9 Å². The fraction of sp³-hybridized carbons (Fsp3) is 0.222. The maximum absolute atomic E-state index is 13.2. The summed E-state index contributed by atoms with van der Waals surface area (Å²) in [6.45, 7) is 1.93. The molecule has 1 aliphatic rings. The second kappa shape index (κ2) is 9.89. The fourth-order valence-corrected chi connectivity index (χ4v) is 4.41. The molecule has 2 amide bonds. The Balaban J connectivity index is 1.41. The van der Waals surface area contributed by atoms with Gasteiger partial charge in [-0.3, -0.25) is 9.59 Å². The van der Waals surface area contributed by atoms with Gasteiger partial charge in [0.05, 0.1) is 17.8 Å². The van der Waals surface area contributed by atoms with Crippen molar-refractivity contribution in [1.82, 2.24) is 20.4 Å². The van der Waals surface area contributed by atoms with Gasteiger partial charge in [0.15, 0.2) is 0 Å². The number of amides is 2. The molecule has 3 aromatic carbocycles. The van der Waals surface area contributed by atoms with E-state index in [1.807, 2.05) is 60.7 Å². The molecule has 172 valence electrons. The lowest BCUT2D eigenvalue weighted by Crippen LogP contribution is -2.38. The molecule has 1 saturated heterocycles. The Kier molecular flexibility index (Phi) is 6.35. The molecule has 2 heterocycles. The molecular weight excluding hydrogens is 426 g/mol. The highest BCUT2D eigenvalue weighted by Gasteiger charge is 2.25. The number of nitrogens with one attached hydrogen (secondary N) is 3. The summed E-state index contributed by atoms with van der Waals surface area (Å²) in [5.41, 5.74) is 2.13. The summed E-state index contributed by atoms with van der Waals surface area (Å²) in [6, 6.07) is 23.6. The number of benzene rings is 3. The first-order valence-corrected chi connectivity index (χ1v) is 11.6. The Labute approximate surface area is 198 Å². The third kappa shape index (κ3) is 4.56. The lowest BCUT2D eigenvalue weighted by Gasteiger charge is -2.22. The standard InChI is InChI=1S/C27H27N5O2/c33-26(21-11-7-15-28-16-21)31-25-24(18-30-32(25)22-12-2-1-3-13-22)27(34)29-17-20-10-6-9-19-8-4-5-14-23(19)20/h1-6,8-10,12-14,18,21,28H,7,11,15-17H2,(H,29,34)(H,31,33). The average Bonchev–Trinajstić information content (AvgIpc) is 3.31. The van der Waals surface area contributed by atoms with Gasteiger partial charge in [0, 0.05) is 13.1 Å². The first kappa shape index (κ1) is 21.9. The molecule has 1 aliphatic heterocycles. The highest BCUT2D eigenvalue weighted by molar-refractivity contribution is 6.03. The molecule has 7 nitrogen and oxygen atoms in total. The van der Waals surface area contributed by atoms with E-state index in [0.717, 1.165) is 41.4 Å². The van der Waals surface area contributed by atoms with Crippen molar-refractivity contribution < 1.29 is 9.59 Å². The summed E-state index contributed by atoms with van der Waals surface area (Å²) in [5, 5.41) is 15.9. The van der Waals surface area contributed by atoms with Crippen LogP contribution in [0.2, 0.25) is 0 Å². The minimum absolute atomic E-state index is 0.104. The predicted octanol–water partition coefficient (Wildman–Crippen LogP) is 3.89. The van der Waals surface area contributed by atoms with E-state index in [1.54, 1.807) is 4.68 Å². The highest BCUT2D eigenvalue weighted by atomic mass is 16.2. The molecule has 1 atom stereocenters. The zero-order chi connectivity index (χ0) is 23.3. The van der Waals surface area contributed by atoms with E-state index in [9.17, 15) is 9.59 Å². The van der Waals surface area contributed by atoms with Gasteiger partial charge in [-0.15, -0.1) is 0 Å². The summed E-state index contributed by atoms with van der Waals surface area (Å²) in [6.07, 6.45) is 3.29. The first-order valence-electron chi connectivity index (χ1n) is 11.6. The van der Waals surface area contributed by atoms with Crippen LogP contribution < -0.4 is 16.0 Å². The van der Waals surface area contributed by atoms with Crippen LogP contribution in [-0.2, 0) is 11.3 Å². The average molecular weight is 454 g/mol. The van der Waals surface area contributed by atoms with Crippen LogP contribution in [0.5, 0.6) is 0 Å². The largest absolute Gasteiger partial charge is 0.348 e. The minimum atomic E-state index is -0.285. The molecule has 1 aromatic heterocycles. The van der Waals surface area contributed by atoms with Crippen LogP contribution >= 0.6 is 0 Å². The van der Waals surface area contributed by atoms with E-state index in [1.165, 1.54) is 6.20 Å². The Morgan fingerprint density at radius 2 is 1.79 bits per heavy atom. The molecule has 3 N–H and O–H groups in total. The minimum Gasteiger partial charge on any atom is -0.348 e. The van der Waals surface area contributed by atoms with Crippen LogP contribution in [0.25, 0.3) is 16.5 Å². The number of anilines is 1. The summed E-state index contributed by atoms with van der Waals surface area (Å²) in [5.74, 6) is -0.142. The number of hydrogen-bond donors (Lipinski definition) is 3. The molecule has 0 aliphatic carbocycles. The van der Waals surface area contributed by atoms with Gasteiger partial charge in [-0.1, -0.05) is 60.7 Å². The predicted molar refractivity (Wildman–Crippen MR) is 133 cm³/mol. The number of carbonyl (C=O) groups is 2. The fourth-order valence-electron chi connectivity index (χ4n) is 4.41. The lowest BCUT2D eigenvalue weighted by molar-refractivity contribution is -0.120. The lowest BCUT2D eigenvalue weighted by atomic mass is 9.99. The SMILES string of the molecule is O=C(NCc1cccc2ccccc12)c1cnn(-c2ccccc2)c1NC(=O)C1CCCNC1. The quantitative estimate of drug-likeness (QED) is 0.413. The van der Waals surface area contributed by atoms with Crippen LogP contribution in [-0.4, -0.2) is 34.7 Å². The Hall–Kier alpha value is -3.97. The number of para-hydroxylation sites is 1. The molecular formula is C27H27N5O2. The van der Waals surface area contributed by atoms with Crippen LogP contribution in [0.4, 0.5) is 5.82 Å². The zero-order valence-corrected chi connectivity index (χ0v) is 18.8. The van der Waals surface area contributed by atoms with Crippen molar-refractivity contribution >= 4 is 28.4 Å². The van der Waals surface area contributed by atoms with Crippen molar-refractivity contribution in [3.05, 3.63) is 90.1 Å². The van der Waals surface area contributed by atoms with Gasteiger partial charge in [-0.25, -0.2) is 4.68 Å². The molecule has 1 unspecified atom stereocenters. The molecule has 34 heavy (non-hydrogen) atoms. The summed E-state index contributed by atoms with van der Waals surface area (Å²) >= 11 is 0. The molecule has 7 heteroatoms. The number of fused-ring (bicyclic) bond motifs is 1. The van der Waals surface area contributed by atoms with Crippen molar-refractivity contribution in [2.24, 2.45) is 5.92 Å². The summed E-state index contributed by atoms with van der Waals surface area (Å²) in [7, 11) is 0. The number of aromatic nitrogens is 2. The number of piperidine rings is 1. The first-order chi connectivity index (χ1) is 16.7. The van der Waals surface area contributed by atoms with E-state index >= 15 is 0 Å². The van der Waals surface area contributed by atoms with E-state index in [0.29, 0.717) is 24.5 Å². The smallest absolute Gasteiger partial charge is 0.256 e. The van der Waals surface area contributed by atoms with Crippen LogP contribution in [0.15, 0.2) is 79.0 Å². The normalized spacial score (nSPS) is 15.7. The van der Waals surface area contributed by atoms with Crippen LogP contribution in [0.1, 0.15) is 28.8 Å². The highest BCUT2D eigenvalue weighted by Crippen LogP contribution is 2.23. The molecule has 4 aromatic rings. The van der Waals surface area contributed by atoms with Crippen molar-refractivity contribution in [3.63, 3.8) is 0 Å². The zero-order valence-electron chi connectivity index (χ0n) is 18.8. The van der Waals surface area contributed by atoms with Gasteiger partial charge in [-0.2, -0.15) is 5.10 Å². The second-order valence-corrected chi connectivity index (χ2v) is 8.51. The topological polar surface area (TPSA) is 88.1 Å². The second-order valence-electron chi connectivity index (χ2n) is 8.51. The van der Waals surface area contributed by atoms with Crippen LogP contribution in [0.3, 0.4) is 0 Å².